The van der Waals surface area contributed by atoms with Gasteiger partial charge in [0, 0.05) is 10.6 Å². The SMILES string of the molecule is C[C@@H](OC(=O)CSc1nc2ccccc2s1)c1ccccc1Cl. The molecule has 0 amide bonds. The molecular formula is C17H14ClNO2S2. The van der Waals surface area contributed by atoms with Crippen LogP contribution in [0.2, 0.25) is 5.02 Å². The van der Waals surface area contributed by atoms with Crippen LogP contribution in [0.3, 0.4) is 0 Å². The van der Waals surface area contributed by atoms with E-state index in [-0.39, 0.29) is 17.8 Å². The minimum absolute atomic E-state index is 0.231. The largest absolute Gasteiger partial charge is 0.457 e. The molecule has 118 valence electrons. The first-order chi connectivity index (χ1) is 11.1. The van der Waals surface area contributed by atoms with Crippen LogP contribution in [0.4, 0.5) is 0 Å². The number of thiazole rings is 1. The Morgan fingerprint density at radius 3 is 2.78 bits per heavy atom. The van der Waals surface area contributed by atoms with E-state index >= 15 is 0 Å². The molecule has 0 aliphatic heterocycles. The smallest absolute Gasteiger partial charge is 0.316 e. The molecule has 3 rings (SSSR count). The van der Waals surface area contributed by atoms with Gasteiger partial charge in [-0.05, 0) is 25.1 Å². The molecule has 3 aromatic rings. The van der Waals surface area contributed by atoms with Gasteiger partial charge in [-0.25, -0.2) is 4.98 Å². The summed E-state index contributed by atoms with van der Waals surface area (Å²) in [5.74, 6) is -0.0455. The van der Waals surface area contributed by atoms with Crippen molar-refractivity contribution in [1.29, 1.82) is 0 Å². The number of carbonyl (C=O) groups excluding carboxylic acids is 1. The summed E-state index contributed by atoms with van der Waals surface area (Å²) in [7, 11) is 0. The summed E-state index contributed by atoms with van der Waals surface area (Å²) >= 11 is 9.09. The van der Waals surface area contributed by atoms with Gasteiger partial charge >= 0.3 is 5.97 Å². The van der Waals surface area contributed by atoms with Crippen LogP contribution in [0, 0.1) is 0 Å². The van der Waals surface area contributed by atoms with Crippen LogP contribution in [-0.4, -0.2) is 16.7 Å². The number of benzene rings is 2. The Kier molecular flexibility index (Phi) is 5.20. The molecule has 1 aromatic heterocycles. The van der Waals surface area contributed by atoms with Gasteiger partial charge in [-0.2, -0.15) is 0 Å². The van der Waals surface area contributed by atoms with Crippen molar-refractivity contribution in [2.24, 2.45) is 0 Å². The number of thioether (sulfide) groups is 1. The first kappa shape index (κ1) is 16.3. The number of ether oxygens (including phenoxy) is 1. The van der Waals surface area contributed by atoms with Crippen molar-refractivity contribution in [2.75, 3.05) is 5.75 Å². The third-order valence-electron chi connectivity index (χ3n) is 3.24. The second-order valence-corrected chi connectivity index (χ2v) is 7.55. The van der Waals surface area contributed by atoms with Gasteiger partial charge in [0.15, 0.2) is 4.34 Å². The molecule has 0 spiro atoms. The van der Waals surface area contributed by atoms with E-state index in [9.17, 15) is 4.79 Å². The molecule has 0 radical (unpaired) electrons. The Bertz CT molecular complexity index is 801. The van der Waals surface area contributed by atoms with E-state index in [1.165, 1.54) is 11.8 Å². The molecule has 0 saturated heterocycles. The van der Waals surface area contributed by atoms with Crippen LogP contribution >= 0.6 is 34.7 Å². The minimum atomic E-state index is -0.368. The average Bonchev–Trinajstić information content (AvgIpc) is 2.96. The summed E-state index contributed by atoms with van der Waals surface area (Å²) in [5, 5.41) is 0.603. The van der Waals surface area contributed by atoms with Gasteiger partial charge in [0.2, 0.25) is 0 Å². The van der Waals surface area contributed by atoms with Crippen molar-refractivity contribution < 1.29 is 9.53 Å². The molecular weight excluding hydrogens is 350 g/mol. The maximum absolute atomic E-state index is 12.0. The van der Waals surface area contributed by atoms with E-state index in [0.29, 0.717) is 5.02 Å². The quantitative estimate of drug-likeness (QED) is 0.452. The highest BCUT2D eigenvalue weighted by Gasteiger charge is 2.15. The Balaban J connectivity index is 1.58. The zero-order valence-electron chi connectivity index (χ0n) is 12.4. The predicted octanol–water partition coefficient (Wildman–Crippen LogP) is 5.35. The number of hydrogen-bond donors (Lipinski definition) is 0. The highest BCUT2D eigenvalue weighted by atomic mass is 35.5. The zero-order chi connectivity index (χ0) is 16.2. The van der Waals surface area contributed by atoms with E-state index in [0.717, 1.165) is 20.1 Å². The highest BCUT2D eigenvalue weighted by Crippen LogP contribution is 2.30. The summed E-state index contributed by atoms with van der Waals surface area (Å²) in [6.45, 7) is 1.82. The number of para-hydroxylation sites is 1. The summed E-state index contributed by atoms with van der Waals surface area (Å²) in [5.41, 5.74) is 1.77. The normalized spacial score (nSPS) is 12.3. The van der Waals surface area contributed by atoms with Crippen LogP contribution in [0.1, 0.15) is 18.6 Å². The van der Waals surface area contributed by atoms with Gasteiger partial charge in [0.1, 0.15) is 6.10 Å². The van der Waals surface area contributed by atoms with Gasteiger partial charge in [-0.1, -0.05) is 53.7 Å². The second-order valence-electron chi connectivity index (χ2n) is 4.89. The van der Waals surface area contributed by atoms with Crippen molar-refractivity contribution in [3.63, 3.8) is 0 Å². The number of aromatic nitrogens is 1. The van der Waals surface area contributed by atoms with E-state index in [4.69, 9.17) is 16.3 Å². The van der Waals surface area contributed by atoms with Crippen molar-refractivity contribution in [2.45, 2.75) is 17.4 Å². The topological polar surface area (TPSA) is 39.2 Å². The molecule has 0 unspecified atom stereocenters. The van der Waals surface area contributed by atoms with Gasteiger partial charge < -0.3 is 4.74 Å². The van der Waals surface area contributed by atoms with Crippen molar-refractivity contribution in [1.82, 2.24) is 4.98 Å². The number of rotatable bonds is 5. The molecule has 1 atom stereocenters. The number of halogens is 1. The van der Waals surface area contributed by atoms with Crippen molar-refractivity contribution in [3.8, 4) is 0 Å². The van der Waals surface area contributed by atoms with Crippen molar-refractivity contribution >= 4 is 50.9 Å². The molecule has 6 heteroatoms. The van der Waals surface area contributed by atoms with Crippen LogP contribution in [-0.2, 0) is 9.53 Å². The molecule has 1 heterocycles. The molecule has 3 nitrogen and oxygen atoms in total. The van der Waals surface area contributed by atoms with E-state index in [2.05, 4.69) is 4.98 Å². The first-order valence-corrected chi connectivity index (χ1v) is 9.24. The number of fused-ring (bicyclic) bond motifs is 1. The lowest BCUT2D eigenvalue weighted by Crippen LogP contribution is -2.11. The molecule has 0 fully saturated rings. The Morgan fingerprint density at radius 2 is 2.00 bits per heavy atom. The molecule has 0 bridgehead atoms. The highest BCUT2D eigenvalue weighted by molar-refractivity contribution is 8.01. The first-order valence-electron chi connectivity index (χ1n) is 7.06. The number of esters is 1. The molecule has 23 heavy (non-hydrogen) atoms. The predicted molar refractivity (Wildman–Crippen MR) is 96.3 cm³/mol. The standard InChI is InChI=1S/C17H14ClNO2S2/c1-11(12-6-2-3-7-13(12)18)21-16(20)10-22-17-19-14-8-4-5-9-15(14)23-17/h2-9,11H,10H2,1H3/t11-/m1/s1. The Labute approximate surface area is 147 Å². The third-order valence-corrected chi connectivity index (χ3v) is 5.74. The van der Waals surface area contributed by atoms with Crippen LogP contribution in [0.15, 0.2) is 52.9 Å². The summed E-state index contributed by atoms with van der Waals surface area (Å²) in [6.07, 6.45) is -0.368. The second kappa shape index (κ2) is 7.34. The van der Waals surface area contributed by atoms with E-state index in [1.807, 2.05) is 49.4 Å². The minimum Gasteiger partial charge on any atom is -0.457 e. The van der Waals surface area contributed by atoms with Gasteiger partial charge in [0.25, 0.3) is 0 Å². The van der Waals surface area contributed by atoms with Crippen LogP contribution in [0.25, 0.3) is 10.2 Å². The third kappa shape index (κ3) is 4.05. The lowest BCUT2D eigenvalue weighted by atomic mass is 10.1. The molecule has 0 saturated carbocycles. The van der Waals surface area contributed by atoms with Crippen molar-refractivity contribution in [3.05, 3.63) is 59.1 Å². The monoisotopic (exact) mass is 363 g/mol. The maximum atomic E-state index is 12.0. The maximum Gasteiger partial charge on any atom is 0.316 e. The molecule has 2 aromatic carbocycles. The van der Waals surface area contributed by atoms with Gasteiger partial charge in [-0.3, -0.25) is 4.79 Å². The average molecular weight is 364 g/mol. The Hall–Kier alpha value is -1.56. The fourth-order valence-electron chi connectivity index (χ4n) is 2.13. The number of hydrogen-bond acceptors (Lipinski definition) is 5. The lowest BCUT2D eigenvalue weighted by Gasteiger charge is -2.14. The molecule has 0 aliphatic carbocycles. The fourth-order valence-corrected chi connectivity index (χ4v) is 4.27. The summed E-state index contributed by atoms with van der Waals surface area (Å²) in [4.78, 5) is 16.5. The number of nitrogens with zero attached hydrogens (tertiary/aromatic N) is 1. The van der Waals surface area contributed by atoms with Crippen LogP contribution in [0.5, 0.6) is 0 Å². The Morgan fingerprint density at radius 1 is 1.26 bits per heavy atom. The number of carbonyl (C=O) groups is 1. The fraction of sp³-hybridized carbons (Fsp3) is 0.176. The van der Waals surface area contributed by atoms with Gasteiger partial charge in [0.05, 0.1) is 16.0 Å². The molecule has 0 N–H and O–H groups in total. The van der Waals surface area contributed by atoms with Gasteiger partial charge in [-0.15, -0.1) is 11.3 Å². The zero-order valence-corrected chi connectivity index (χ0v) is 14.8. The van der Waals surface area contributed by atoms with E-state index < -0.39 is 0 Å². The van der Waals surface area contributed by atoms with Crippen LogP contribution < -0.4 is 0 Å². The van der Waals surface area contributed by atoms with E-state index in [1.54, 1.807) is 17.4 Å². The summed E-state index contributed by atoms with van der Waals surface area (Å²) < 4.78 is 7.43. The molecule has 0 aliphatic rings. The summed E-state index contributed by atoms with van der Waals surface area (Å²) in [6, 6.07) is 15.3. The lowest BCUT2D eigenvalue weighted by molar-refractivity contribution is -0.145.